The van der Waals surface area contributed by atoms with Gasteiger partial charge >= 0.3 is 5.69 Å². The van der Waals surface area contributed by atoms with E-state index in [0.29, 0.717) is 0 Å². The molecule has 0 aliphatic rings. The number of hydrogen-bond acceptors (Lipinski definition) is 5. The van der Waals surface area contributed by atoms with Gasteiger partial charge in [-0.2, -0.15) is 0 Å². The lowest BCUT2D eigenvalue weighted by Crippen LogP contribution is -2.25. The van der Waals surface area contributed by atoms with Crippen LogP contribution in [0.1, 0.15) is 0 Å². The van der Waals surface area contributed by atoms with Crippen molar-refractivity contribution in [1.82, 2.24) is 0 Å². The molecule has 0 N–H and O–H groups in total. The maximum Gasteiger partial charge on any atom is 0.303 e. The molecule has 4 rings (SSSR count). The van der Waals surface area contributed by atoms with Crippen LogP contribution < -0.4 is 15.9 Å². The molecule has 9 nitrogen and oxygen atoms in total. The van der Waals surface area contributed by atoms with E-state index in [1.54, 1.807) is 0 Å². The Hall–Kier alpha value is -4.49. The first-order valence-corrected chi connectivity index (χ1v) is 11.9. The van der Waals surface area contributed by atoms with Crippen molar-refractivity contribution in [3.63, 3.8) is 0 Å². The van der Waals surface area contributed by atoms with Crippen LogP contribution in [0.15, 0.2) is 124 Å². The standard InChI is InChI=1S/C24H18N5O4P/c30-28(31)19-16-17-23(24(18-19)29(32)33)25-26-27-34(20-10-4-1-5-11-20,21-12-6-2-7-13-21)22-14-8-3-9-15-22/h1-18H. The highest BCUT2D eigenvalue weighted by molar-refractivity contribution is 7.87. The third-order valence-corrected chi connectivity index (χ3v) is 8.57. The molecule has 0 saturated carbocycles. The van der Waals surface area contributed by atoms with Crippen molar-refractivity contribution in [3.05, 3.63) is 129 Å². The van der Waals surface area contributed by atoms with Crippen molar-refractivity contribution in [2.75, 3.05) is 0 Å². The van der Waals surface area contributed by atoms with Crippen molar-refractivity contribution < 1.29 is 9.85 Å². The molecule has 0 bridgehead atoms. The summed E-state index contributed by atoms with van der Waals surface area (Å²) in [5, 5.41) is 33.4. The summed E-state index contributed by atoms with van der Waals surface area (Å²) in [6.45, 7) is 0. The van der Waals surface area contributed by atoms with E-state index < -0.39 is 28.3 Å². The predicted octanol–water partition coefficient (Wildman–Crippen LogP) is 5.68. The van der Waals surface area contributed by atoms with Crippen LogP contribution >= 0.6 is 7.05 Å². The Kier molecular flexibility index (Phi) is 6.66. The third kappa shape index (κ3) is 4.51. The molecule has 0 heterocycles. The van der Waals surface area contributed by atoms with Crippen LogP contribution in [-0.2, 0) is 0 Å². The first-order valence-electron chi connectivity index (χ1n) is 10.1. The lowest BCUT2D eigenvalue weighted by Gasteiger charge is -2.24. The quantitative estimate of drug-likeness (QED) is 0.149. The van der Waals surface area contributed by atoms with Gasteiger partial charge in [0.15, 0.2) is 5.69 Å². The van der Waals surface area contributed by atoms with Gasteiger partial charge in [0.25, 0.3) is 5.69 Å². The van der Waals surface area contributed by atoms with Gasteiger partial charge in [-0.3, -0.25) is 20.2 Å². The van der Waals surface area contributed by atoms with Gasteiger partial charge in [-0.25, -0.2) is 0 Å². The minimum atomic E-state index is -2.67. The normalized spacial score (nSPS) is 11.3. The van der Waals surface area contributed by atoms with Crippen molar-refractivity contribution in [1.29, 1.82) is 0 Å². The number of nitro groups is 2. The van der Waals surface area contributed by atoms with Crippen molar-refractivity contribution in [3.8, 4) is 0 Å². The summed E-state index contributed by atoms with van der Waals surface area (Å²) in [5.41, 5.74) is -1.04. The summed E-state index contributed by atoms with van der Waals surface area (Å²) in [7, 11) is -2.67. The van der Waals surface area contributed by atoms with E-state index >= 15 is 0 Å². The van der Waals surface area contributed by atoms with Gasteiger partial charge in [-0.1, -0.05) is 91.0 Å². The third-order valence-electron chi connectivity index (χ3n) is 5.08. The number of nitrogens with zero attached hydrogens (tertiary/aromatic N) is 5. The smallest absolute Gasteiger partial charge is 0.258 e. The highest BCUT2D eigenvalue weighted by Crippen LogP contribution is 2.47. The second-order valence-electron chi connectivity index (χ2n) is 7.11. The van der Waals surface area contributed by atoms with Crippen LogP contribution in [0.4, 0.5) is 17.1 Å². The minimum absolute atomic E-state index is 0.119. The minimum Gasteiger partial charge on any atom is -0.258 e. The molecule has 4 aromatic carbocycles. The Bertz CT molecular complexity index is 1310. The van der Waals surface area contributed by atoms with Gasteiger partial charge in [-0.05, 0) is 11.3 Å². The fraction of sp³-hybridized carbons (Fsp3) is 0. The largest absolute Gasteiger partial charge is 0.303 e. The molecule has 0 aliphatic carbocycles. The molecule has 0 aromatic heterocycles. The molecule has 0 unspecified atom stereocenters. The van der Waals surface area contributed by atoms with E-state index in [2.05, 4.69) is 10.3 Å². The molecule has 0 spiro atoms. The van der Waals surface area contributed by atoms with Gasteiger partial charge in [0.1, 0.15) is 0 Å². The summed E-state index contributed by atoms with van der Waals surface area (Å²) < 4.78 is 0. The molecule has 4 aromatic rings. The van der Waals surface area contributed by atoms with Crippen LogP contribution in [0.5, 0.6) is 0 Å². The molecular formula is C24H18N5O4P. The van der Waals surface area contributed by atoms with E-state index in [-0.39, 0.29) is 5.69 Å². The Morgan fingerprint density at radius 1 is 0.618 bits per heavy atom. The molecule has 0 radical (unpaired) electrons. The van der Waals surface area contributed by atoms with Gasteiger partial charge in [0, 0.05) is 22.0 Å². The zero-order valence-corrected chi connectivity index (χ0v) is 18.6. The van der Waals surface area contributed by atoms with Gasteiger partial charge in [0.05, 0.1) is 23.0 Å². The maximum absolute atomic E-state index is 11.5. The lowest BCUT2D eigenvalue weighted by atomic mass is 10.2. The fourth-order valence-electron chi connectivity index (χ4n) is 3.52. The number of rotatable bonds is 7. The Labute approximate surface area is 194 Å². The highest BCUT2D eigenvalue weighted by Gasteiger charge is 2.28. The van der Waals surface area contributed by atoms with Gasteiger partial charge in [-0.15, -0.1) is 9.97 Å². The van der Waals surface area contributed by atoms with E-state index in [1.165, 1.54) is 6.07 Å². The summed E-state index contributed by atoms with van der Waals surface area (Å²) in [5.74, 6) is 0. The van der Waals surface area contributed by atoms with Crippen LogP contribution in [0.25, 0.3) is 0 Å². The number of hydrogen-bond donors (Lipinski definition) is 0. The summed E-state index contributed by atoms with van der Waals surface area (Å²) in [4.78, 5) is 25.8. The van der Waals surface area contributed by atoms with Crippen molar-refractivity contribution >= 4 is 40.0 Å². The molecule has 0 saturated heterocycles. The molecular weight excluding hydrogens is 453 g/mol. The second kappa shape index (κ2) is 9.97. The van der Waals surface area contributed by atoms with Crippen LogP contribution in [-0.4, -0.2) is 9.85 Å². The highest BCUT2D eigenvalue weighted by atomic mass is 31.2. The monoisotopic (exact) mass is 471 g/mol. The maximum atomic E-state index is 11.5. The Balaban J connectivity index is 1.96. The molecule has 0 amide bonds. The number of benzene rings is 4. The first-order chi connectivity index (χ1) is 16.5. The van der Waals surface area contributed by atoms with E-state index in [0.717, 1.165) is 28.0 Å². The van der Waals surface area contributed by atoms with Crippen molar-refractivity contribution in [2.45, 2.75) is 0 Å². The molecule has 34 heavy (non-hydrogen) atoms. The van der Waals surface area contributed by atoms with Gasteiger partial charge in [0.2, 0.25) is 0 Å². The van der Waals surface area contributed by atoms with Crippen LogP contribution in [0.3, 0.4) is 0 Å². The fourth-order valence-corrected chi connectivity index (χ4v) is 6.69. The zero-order valence-electron chi connectivity index (χ0n) is 17.7. The topological polar surface area (TPSA) is 123 Å². The summed E-state index contributed by atoms with van der Waals surface area (Å²) >= 11 is 0. The summed E-state index contributed by atoms with van der Waals surface area (Å²) in [6.07, 6.45) is 0. The van der Waals surface area contributed by atoms with E-state index in [1.807, 2.05) is 91.0 Å². The lowest BCUT2D eigenvalue weighted by molar-refractivity contribution is -0.393. The number of nitro benzene ring substituents is 2. The van der Waals surface area contributed by atoms with Crippen molar-refractivity contribution in [2.24, 2.45) is 15.2 Å². The average Bonchev–Trinajstić information content (AvgIpc) is 2.88. The molecule has 0 atom stereocenters. The van der Waals surface area contributed by atoms with E-state index in [9.17, 15) is 20.2 Å². The van der Waals surface area contributed by atoms with E-state index in [4.69, 9.17) is 4.85 Å². The molecule has 168 valence electrons. The van der Waals surface area contributed by atoms with Gasteiger partial charge < -0.3 is 0 Å². The SMILES string of the molecule is O=[N+]([O-])c1ccc(N=NN=P(c2ccccc2)(c2ccccc2)c2ccccc2)c([N+](=O)[O-])c1. The molecule has 0 fully saturated rings. The molecule has 0 aliphatic heterocycles. The average molecular weight is 471 g/mol. The second-order valence-corrected chi connectivity index (χ2v) is 10.1. The Morgan fingerprint density at radius 3 is 1.50 bits per heavy atom. The number of non-ortho nitro benzene ring substituents is 1. The van der Waals surface area contributed by atoms with Crippen LogP contribution in [0, 0.1) is 20.2 Å². The predicted molar refractivity (Wildman–Crippen MR) is 132 cm³/mol. The Morgan fingerprint density at radius 2 is 1.09 bits per heavy atom. The van der Waals surface area contributed by atoms with Crippen LogP contribution in [0.2, 0.25) is 0 Å². The zero-order chi connectivity index (χ0) is 24.0. The molecule has 10 heteroatoms. The first kappa shape index (κ1) is 22.7. The summed E-state index contributed by atoms with van der Waals surface area (Å²) in [6, 6.07) is 32.3.